The molecule has 440 valence electrons. The van der Waals surface area contributed by atoms with Gasteiger partial charge in [-0.2, -0.15) is 66.2 Å². The average molecular weight is 1200 g/mol. The van der Waals surface area contributed by atoms with Gasteiger partial charge in [0, 0.05) is 19.9 Å². The highest BCUT2D eigenvalue weighted by Gasteiger charge is 2.05. The first-order chi connectivity index (χ1) is 37.6. The van der Waals surface area contributed by atoms with Crippen LogP contribution in [0.25, 0.3) is 0 Å². The van der Waals surface area contributed by atoms with E-state index < -0.39 is 41.0 Å². The molecule has 0 fully saturated rings. The summed E-state index contributed by atoms with van der Waals surface area (Å²) in [6.45, 7) is 16.0. The Hall–Kier alpha value is -7.92. The second-order valence-corrected chi connectivity index (χ2v) is 19.9. The molecule has 27 heteroatoms. The van der Waals surface area contributed by atoms with E-state index in [1.807, 2.05) is 206 Å². The largest absolute Gasteiger partial charge is 0.425 e. The van der Waals surface area contributed by atoms with Gasteiger partial charge in [0.1, 0.15) is 17.5 Å². The third-order valence-electron chi connectivity index (χ3n) is 7.94. The highest BCUT2D eigenvalue weighted by Crippen LogP contribution is 2.24. The quantitative estimate of drug-likeness (QED) is 0.0846. The van der Waals surface area contributed by atoms with Crippen molar-refractivity contribution in [1.29, 1.82) is 0 Å². The first-order valence-electron chi connectivity index (χ1n) is 23.8. The van der Waals surface area contributed by atoms with E-state index >= 15 is 0 Å². The first-order valence-corrected chi connectivity index (χ1v) is 30.3. The van der Waals surface area contributed by atoms with Crippen molar-refractivity contribution in [2.75, 3.05) is 25.8 Å². The van der Waals surface area contributed by atoms with Crippen LogP contribution in [0.5, 0.6) is 0 Å². The first kappa shape index (κ1) is 77.3. The number of aryl methyl sites for hydroxylation is 4. The molecule has 0 atom stereocenters. The monoisotopic (exact) mass is 1200 g/mol. The molecule has 6 aromatic carbocycles. The van der Waals surface area contributed by atoms with Crippen molar-refractivity contribution in [1.82, 2.24) is 15.0 Å². The van der Waals surface area contributed by atoms with Gasteiger partial charge in [0.15, 0.2) is 0 Å². The predicted octanol–water partition coefficient (Wildman–Crippen LogP) is 14.5. The summed E-state index contributed by atoms with van der Waals surface area (Å²) >= 11 is 0. The molecule has 0 aliphatic rings. The molecular weight excluding hydrogens is 1120 g/mol. The van der Waals surface area contributed by atoms with Crippen LogP contribution in [-0.4, -0.2) is 92.3 Å². The molecule has 0 bridgehead atoms. The van der Waals surface area contributed by atoms with E-state index in [2.05, 4.69) is 62.8 Å². The number of nitrogens with zero attached hydrogens (tertiary/aromatic N) is 11. The highest BCUT2D eigenvalue weighted by atomic mass is 32.2. The predicted molar refractivity (Wildman–Crippen MR) is 319 cm³/mol. The molecule has 0 saturated heterocycles. The maximum absolute atomic E-state index is 9.19. The third-order valence-corrected chi connectivity index (χ3v) is 7.94. The van der Waals surface area contributed by atoms with E-state index in [-0.39, 0.29) is 7.43 Å². The smallest absolute Gasteiger partial charge is 0.286 e. The summed E-state index contributed by atoms with van der Waals surface area (Å²) in [5.74, 6) is 2.41. The van der Waals surface area contributed by atoms with Gasteiger partial charge in [0.2, 0.25) is 0 Å². The minimum atomic E-state index is -3.67. The molecule has 0 aliphatic heterocycles. The topological polar surface area (TPSA) is 352 Å². The fraction of sp³-hybridized carbons (Fsp3) is 0.278. The van der Waals surface area contributed by atoms with Gasteiger partial charge >= 0.3 is 10.6 Å². The maximum Gasteiger partial charge on any atom is 0.425 e. The number of hydrogen-bond acceptors (Lipinski definition) is 20. The zero-order valence-electron chi connectivity index (χ0n) is 46.5. The molecule has 0 radical (unpaired) electrons. The Labute approximate surface area is 479 Å². The number of benzene rings is 6. The molecule has 7 aromatic rings. The normalized spacial score (nSPS) is 10.4. The zero-order chi connectivity index (χ0) is 61.2. The lowest BCUT2D eigenvalue weighted by atomic mass is 10.1. The van der Waals surface area contributed by atoms with Gasteiger partial charge in [-0.3, -0.25) is 13.7 Å². The molecule has 3 N–H and O–H groups in total. The average Bonchev–Trinajstić information content (AvgIpc) is 3.39. The molecule has 1 aromatic heterocycles. The Kier molecular flexibility index (Phi) is 41.9. The van der Waals surface area contributed by atoms with Crippen molar-refractivity contribution >= 4 is 80.8 Å². The van der Waals surface area contributed by atoms with Gasteiger partial charge in [-0.05, 0) is 111 Å². The molecule has 0 unspecified atom stereocenters. The molecule has 0 spiro atoms. The summed E-state index contributed by atoms with van der Waals surface area (Å²) in [4.78, 5) is 13.2. The van der Waals surface area contributed by atoms with Crippen molar-refractivity contribution in [3.05, 3.63) is 192 Å². The van der Waals surface area contributed by atoms with E-state index in [1.165, 1.54) is 11.1 Å². The molecule has 23 nitrogen and oxygen atoms in total. The fourth-order valence-corrected chi connectivity index (χ4v) is 4.96. The van der Waals surface area contributed by atoms with E-state index in [0.29, 0.717) is 25.2 Å². The van der Waals surface area contributed by atoms with Crippen LogP contribution < -0.4 is 0 Å². The standard InChI is InChI=1S/C20H21N5.C19H16N4.C7H8N2.2C2H6.3CH4O3S.CH4.O3S/c1-4-19-21-15(3)22-20(23-19)13-16-7-11-18(12-8-16)25-24-17-9-5-14(2)6-10-17;1-15-7-9-17(10-8-15)21-23-19-13-11-18(12-14-19)22-20-16-5-3-2-4-6-16;1-8-9-7-5-3-2-4-6-7;2*1-2;3*1-5(2,3)4;;1-4(2)3/h5-12H,4,13H2,1-3H3;2-14H,1H3;2-6H,1H3;2*1-2H3;3*1H3,(H,2,3,4);1H4;. The van der Waals surface area contributed by atoms with Crippen LogP contribution in [-0.2, 0) is 53.8 Å². The number of rotatable bonds is 10. The van der Waals surface area contributed by atoms with E-state index in [4.69, 9.17) is 26.3 Å². The van der Waals surface area contributed by atoms with Crippen LogP contribution in [0, 0.1) is 20.8 Å². The summed E-state index contributed by atoms with van der Waals surface area (Å²) in [5, 5.41) is 32.8. The molecular formula is C54H73N11O12S4. The Morgan fingerprint density at radius 3 is 0.914 bits per heavy atom. The molecule has 7 rings (SSSR count). The van der Waals surface area contributed by atoms with Gasteiger partial charge in [0.25, 0.3) is 30.4 Å². The Morgan fingerprint density at radius 2 is 0.642 bits per heavy atom. The summed E-state index contributed by atoms with van der Waals surface area (Å²) in [5.41, 5.74) is 9.36. The Balaban J connectivity index is -0.000000983. The van der Waals surface area contributed by atoms with E-state index in [0.717, 1.165) is 69.3 Å². The van der Waals surface area contributed by atoms with Gasteiger partial charge in [-0.25, -0.2) is 15.0 Å². The Morgan fingerprint density at radius 1 is 0.407 bits per heavy atom. The van der Waals surface area contributed by atoms with Gasteiger partial charge in [-0.15, -0.1) is 12.6 Å². The fourth-order valence-electron chi connectivity index (χ4n) is 4.96. The van der Waals surface area contributed by atoms with Crippen LogP contribution in [0.1, 0.15) is 76.2 Å². The van der Waals surface area contributed by atoms with Crippen LogP contribution in [0.2, 0.25) is 0 Å². The van der Waals surface area contributed by atoms with Crippen molar-refractivity contribution < 1.29 is 51.5 Å². The second kappa shape index (κ2) is 43.9. The van der Waals surface area contributed by atoms with E-state index in [1.54, 1.807) is 7.05 Å². The van der Waals surface area contributed by atoms with Gasteiger partial charge in [0.05, 0.1) is 58.6 Å². The van der Waals surface area contributed by atoms with Crippen LogP contribution in [0.3, 0.4) is 0 Å². The van der Waals surface area contributed by atoms with Crippen LogP contribution in [0.15, 0.2) is 199 Å². The van der Waals surface area contributed by atoms with Gasteiger partial charge < -0.3 is 0 Å². The summed E-state index contributed by atoms with van der Waals surface area (Å²) in [6.07, 6.45) is 3.65. The lowest BCUT2D eigenvalue weighted by molar-refractivity contribution is 0.488. The van der Waals surface area contributed by atoms with Crippen LogP contribution in [0.4, 0.5) is 39.8 Å². The maximum atomic E-state index is 9.19. The molecule has 0 saturated carbocycles. The Bertz CT molecular complexity index is 3300. The molecule has 0 amide bonds. The summed E-state index contributed by atoms with van der Waals surface area (Å²) in [7, 11) is -12.5. The lowest BCUT2D eigenvalue weighted by Gasteiger charge is -2.04. The third kappa shape index (κ3) is 50.1. The lowest BCUT2D eigenvalue weighted by Crippen LogP contribution is -2.05. The summed E-state index contributed by atoms with van der Waals surface area (Å²) in [6, 6.07) is 50.7. The second-order valence-electron chi connectivity index (χ2n) is 15.1. The van der Waals surface area contributed by atoms with Crippen molar-refractivity contribution in [2.24, 2.45) is 40.9 Å². The van der Waals surface area contributed by atoms with Gasteiger partial charge in [-0.1, -0.05) is 126 Å². The minimum Gasteiger partial charge on any atom is -0.286 e. The number of azo groups is 4. The zero-order valence-corrected chi connectivity index (χ0v) is 49.8. The number of hydrogen-bond donors (Lipinski definition) is 3. The molecule has 1 heterocycles. The van der Waals surface area contributed by atoms with Crippen molar-refractivity contribution in [2.45, 2.75) is 75.7 Å². The summed E-state index contributed by atoms with van der Waals surface area (Å²) < 4.78 is 103. The van der Waals surface area contributed by atoms with E-state index in [9.17, 15) is 25.3 Å². The molecule has 81 heavy (non-hydrogen) atoms. The highest BCUT2D eigenvalue weighted by molar-refractivity contribution is 7.85. The SMILES string of the molecule is C.CC.CC.CCc1nc(C)nc(Cc2ccc(N=Nc3ccc(C)cc3)cc2)n1.CN=Nc1ccccc1.CS(=O)(=O)O.CS(=O)(=O)O.CS(=O)(=O)O.Cc1ccc(N=Nc2ccc(N=Nc3ccccc3)cc2)cc1.O=S(=O)=O. The van der Waals surface area contributed by atoms with Crippen LogP contribution >= 0.6 is 0 Å². The van der Waals surface area contributed by atoms with Crippen molar-refractivity contribution in [3.63, 3.8) is 0 Å². The minimum absolute atomic E-state index is 0. The number of aromatic nitrogens is 3. The molecule has 0 aliphatic carbocycles. The van der Waals surface area contributed by atoms with Crippen molar-refractivity contribution in [3.8, 4) is 0 Å².